The number of unbranched alkanes of at least 4 members (excludes halogenated alkanes) is 1. The van der Waals surface area contributed by atoms with Crippen molar-refractivity contribution in [3.63, 3.8) is 0 Å². The molecule has 7 nitrogen and oxygen atoms in total. The fourth-order valence-electron chi connectivity index (χ4n) is 3.79. The SMILES string of the molecule is CCCCc1ccc(-c2csc(NC(=O)CN3C(=O)N[C@@](C)(C4CC4)C3=O)n2)cc1. The number of amides is 4. The van der Waals surface area contributed by atoms with Crippen molar-refractivity contribution in [1.29, 1.82) is 0 Å². The smallest absolute Gasteiger partial charge is 0.323 e. The molecule has 2 aromatic rings. The van der Waals surface area contributed by atoms with Crippen molar-refractivity contribution in [3.05, 3.63) is 35.2 Å². The van der Waals surface area contributed by atoms with Crippen molar-refractivity contribution in [2.45, 2.75) is 51.5 Å². The molecule has 1 aliphatic heterocycles. The number of anilines is 1. The fourth-order valence-corrected chi connectivity index (χ4v) is 4.52. The van der Waals surface area contributed by atoms with Crippen LogP contribution >= 0.6 is 11.3 Å². The van der Waals surface area contributed by atoms with E-state index in [2.05, 4.69) is 34.7 Å². The molecule has 0 unspecified atom stereocenters. The number of carbonyl (C=O) groups is 3. The molecule has 1 saturated heterocycles. The van der Waals surface area contributed by atoms with Gasteiger partial charge in [-0.3, -0.25) is 14.5 Å². The Labute approximate surface area is 179 Å². The number of thiazole rings is 1. The summed E-state index contributed by atoms with van der Waals surface area (Å²) in [5, 5.41) is 7.78. The van der Waals surface area contributed by atoms with Crippen LogP contribution in [0, 0.1) is 5.92 Å². The molecule has 1 atom stereocenters. The lowest BCUT2D eigenvalue weighted by atomic mass is 9.96. The van der Waals surface area contributed by atoms with Gasteiger partial charge in [-0.05, 0) is 44.1 Å². The summed E-state index contributed by atoms with van der Waals surface area (Å²) < 4.78 is 0. The van der Waals surface area contributed by atoms with E-state index in [0.29, 0.717) is 5.13 Å². The molecule has 4 amide bonds. The number of hydrogen-bond acceptors (Lipinski definition) is 5. The predicted octanol–water partition coefficient (Wildman–Crippen LogP) is 3.81. The van der Waals surface area contributed by atoms with E-state index in [1.165, 1.54) is 29.7 Å². The molecule has 1 aromatic carbocycles. The molecule has 1 aromatic heterocycles. The average Bonchev–Trinajstić information content (AvgIpc) is 3.46. The highest BCUT2D eigenvalue weighted by Gasteiger charge is 2.56. The first-order chi connectivity index (χ1) is 14.4. The second kappa shape index (κ2) is 8.18. The Kier molecular flexibility index (Phi) is 5.60. The molecular formula is C22H26N4O3S. The summed E-state index contributed by atoms with van der Waals surface area (Å²) in [6.07, 6.45) is 5.25. The summed E-state index contributed by atoms with van der Waals surface area (Å²) in [5.74, 6) is -0.598. The van der Waals surface area contributed by atoms with Gasteiger partial charge < -0.3 is 10.6 Å². The van der Waals surface area contributed by atoms with E-state index in [4.69, 9.17) is 0 Å². The first-order valence-electron chi connectivity index (χ1n) is 10.4. The molecule has 1 saturated carbocycles. The van der Waals surface area contributed by atoms with Crippen molar-refractivity contribution in [2.24, 2.45) is 5.92 Å². The van der Waals surface area contributed by atoms with Gasteiger partial charge in [-0.15, -0.1) is 11.3 Å². The second-order valence-corrected chi connectivity index (χ2v) is 9.04. The maximum absolute atomic E-state index is 12.6. The van der Waals surface area contributed by atoms with Gasteiger partial charge in [0.15, 0.2) is 5.13 Å². The molecule has 8 heteroatoms. The maximum Gasteiger partial charge on any atom is 0.325 e. The molecule has 0 bridgehead atoms. The van der Waals surface area contributed by atoms with E-state index in [9.17, 15) is 14.4 Å². The molecule has 2 aliphatic rings. The molecule has 0 radical (unpaired) electrons. The van der Waals surface area contributed by atoms with Crippen molar-refractivity contribution in [2.75, 3.05) is 11.9 Å². The van der Waals surface area contributed by atoms with Gasteiger partial charge in [-0.2, -0.15) is 0 Å². The van der Waals surface area contributed by atoms with Crippen LogP contribution in [-0.2, 0) is 16.0 Å². The van der Waals surface area contributed by atoms with Crippen LogP contribution in [0.4, 0.5) is 9.93 Å². The Morgan fingerprint density at radius 3 is 2.70 bits per heavy atom. The van der Waals surface area contributed by atoms with Crippen LogP contribution in [0.5, 0.6) is 0 Å². The van der Waals surface area contributed by atoms with Gasteiger partial charge in [0.25, 0.3) is 5.91 Å². The van der Waals surface area contributed by atoms with Crippen molar-refractivity contribution in [1.82, 2.24) is 15.2 Å². The van der Waals surface area contributed by atoms with Crippen LogP contribution in [-0.4, -0.2) is 39.8 Å². The second-order valence-electron chi connectivity index (χ2n) is 8.18. The summed E-state index contributed by atoms with van der Waals surface area (Å²) >= 11 is 1.32. The van der Waals surface area contributed by atoms with Crippen molar-refractivity contribution >= 4 is 34.3 Å². The topological polar surface area (TPSA) is 91.4 Å². The lowest BCUT2D eigenvalue weighted by Crippen LogP contribution is -2.46. The van der Waals surface area contributed by atoms with Gasteiger partial charge in [0, 0.05) is 10.9 Å². The first-order valence-corrected chi connectivity index (χ1v) is 11.3. The minimum Gasteiger partial charge on any atom is -0.323 e. The number of imide groups is 1. The van der Waals surface area contributed by atoms with E-state index in [-0.39, 0.29) is 18.4 Å². The van der Waals surface area contributed by atoms with E-state index >= 15 is 0 Å². The Hall–Kier alpha value is -2.74. The number of nitrogens with one attached hydrogen (secondary N) is 2. The first kappa shape index (κ1) is 20.5. The summed E-state index contributed by atoms with van der Waals surface area (Å²) in [5.41, 5.74) is 2.20. The number of nitrogens with zero attached hydrogens (tertiary/aromatic N) is 2. The van der Waals surface area contributed by atoms with Gasteiger partial charge in [-0.25, -0.2) is 9.78 Å². The Morgan fingerprint density at radius 1 is 1.30 bits per heavy atom. The summed E-state index contributed by atoms with van der Waals surface area (Å²) in [6, 6.07) is 7.79. The van der Waals surface area contributed by atoms with E-state index < -0.39 is 17.5 Å². The number of benzene rings is 1. The molecule has 0 spiro atoms. The zero-order chi connectivity index (χ0) is 21.3. The van der Waals surface area contributed by atoms with Crippen LogP contribution in [0.1, 0.15) is 45.1 Å². The summed E-state index contributed by atoms with van der Waals surface area (Å²) in [7, 11) is 0. The maximum atomic E-state index is 12.6. The molecule has 158 valence electrons. The highest BCUT2D eigenvalue weighted by atomic mass is 32.1. The number of aryl methyl sites for hydroxylation is 1. The minimum absolute atomic E-state index is 0.164. The van der Waals surface area contributed by atoms with Gasteiger partial charge in [0.05, 0.1) is 5.69 Å². The lowest BCUT2D eigenvalue weighted by Gasteiger charge is -2.20. The van der Waals surface area contributed by atoms with E-state index in [1.807, 2.05) is 17.5 Å². The monoisotopic (exact) mass is 426 g/mol. The quantitative estimate of drug-likeness (QED) is 0.628. The zero-order valence-corrected chi connectivity index (χ0v) is 18.1. The molecule has 4 rings (SSSR count). The normalized spacial score (nSPS) is 21.1. The zero-order valence-electron chi connectivity index (χ0n) is 17.2. The molecular weight excluding hydrogens is 400 g/mol. The van der Waals surface area contributed by atoms with Crippen molar-refractivity contribution < 1.29 is 14.4 Å². The number of aromatic nitrogens is 1. The average molecular weight is 427 g/mol. The Morgan fingerprint density at radius 2 is 2.03 bits per heavy atom. The van der Waals surface area contributed by atoms with Gasteiger partial charge in [0.2, 0.25) is 5.91 Å². The third-order valence-corrected chi connectivity index (χ3v) is 6.57. The molecule has 2 N–H and O–H groups in total. The fraction of sp³-hybridized carbons (Fsp3) is 0.455. The molecule has 30 heavy (non-hydrogen) atoms. The number of hydrogen-bond donors (Lipinski definition) is 2. The molecule has 1 aliphatic carbocycles. The predicted molar refractivity (Wildman–Crippen MR) is 116 cm³/mol. The minimum atomic E-state index is -0.880. The number of rotatable bonds is 8. The summed E-state index contributed by atoms with van der Waals surface area (Å²) in [6.45, 7) is 3.61. The summed E-state index contributed by atoms with van der Waals surface area (Å²) in [4.78, 5) is 42.7. The molecule has 2 heterocycles. The lowest BCUT2D eigenvalue weighted by molar-refractivity contribution is -0.134. The van der Waals surface area contributed by atoms with Gasteiger partial charge >= 0.3 is 6.03 Å². The molecule has 2 fully saturated rings. The van der Waals surface area contributed by atoms with Gasteiger partial charge in [0.1, 0.15) is 12.1 Å². The van der Waals surface area contributed by atoms with Crippen LogP contribution in [0.25, 0.3) is 11.3 Å². The van der Waals surface area contributed by atoms with Crippen LogP contribution in [0.2, 0.25) is 0 Å². The standard InChI is InChI=1S/C22H26N4O3S/c1-3-4-5-14-6-8-15(9-7-14)17-13-30-20(23-17)24-18(27)12-26-19(28)22(2,16-10-11-16)25-21(26)29/h6-9,13,16H,3-5,10-12H2,1-2H3,(H,25,29)(H,23,24,27)/t22-/m0/s1. The Balaban J connectivity index is 1.36. The van der Waals surface area contributed by atoms with Crippen LogP contribution < -0.4 is 10.6 Å². The van der Waals surface area contributed by atoms with Crippen LogP contribution in [0.15, 0.2) is 29.6 Å². The third-order valence-electron chi connectivity index (χ3n) is 5.82. The van der Waals surface area contributed by atoms with Crippen molar-refractivity contribution in [3.8, 4) is 11.3 Å². The Bertz CT molecular complexity index is 967. The van der Waals surface area contributed by atoms with Gasteiger partial charge in [-0.1, -0.05) is 37.6 Å². The number of urea groups is 1. The van der Waals surface area contributed by atoms with E-state index in [1.54, 1.807) is 6.92 Å². The third kappa shape index (κ3) is 4.09. The highest BCUT2D eigenvalue weighted by molar-refractivity contribution is 7.14. The highest BCUT2D eigenvalue weighted by Crippen LogP contribution is 2.42. The van der Waals surface area contributed by atoms with Crippen LogP contribution in [0.3, 0.4) is 0 Å². The van der Waals surface area contributed by atoms with E-state index in [0.717, 1.165) is 35.4 Å². The number of carbonyl (C=O) groups excluding carboxylic acids is 3. The largest absolute Gasteiger partial charge is 0.325 e.